The van der Waals surface area contributed by atoms with Crippen molar-refractivity contribution in [2.75, 3.05) is 0 Å². The molecular weight excluding hydrogens is 196 g/mol. The molecule has 0 amide bonds. The highest BCUT2D eigenvalue weighted by Crippen LogP contribution is 2.39. The molecule has 2 nitrogen and oxygen atoms in total. The monoisotopic (exact) mass is 214 g/mol. The highest BCUT2D eigenvalue weighted by Gasteiger charge is 2.33. The van der Waals surface area contributed by atoms with E-state index < -0.39 is 0 Å². The number of rotatable bonds is 1. The SMILES string of the molecule is Cc1cccc2[nH]c(C3(C)CCCC3)nc12. The van der Waals surface area contributed by atoms with E-state index in [1.807, 2.05) is 0 Å². The fourth-order valence-electron chi connectivity index (χ4n) is 2.85. The van der Waals surface area contributed by atoms with Gasteiger partial charge >= 0.3 is 0 Å². The summed E-state index contributed by atoms with van der Waals surface area (Å²) in [5.74, 6) is 1.19. The second-order valence-corrected chi connectivity index (χ2v) is 5.32. The first-order chi connectivity index (χ1) is 7.69. The summed E-state index contributed by atoms with van der Waals surface area (Å²) in [5, 5.41) is 0. The van der Waals surface area contributed by atoms with Gasteiger partial charge in [-0.05, 0) is 31.4 Å². The van der Waals surface area contributed by atoms with Gasteiger partial charge < -0.3 is 4.98 Å². The molecule has 1 saturated carbocycles. The number of fused-ring (bicyclic) bond motifs is 1. The third-order valence-electron chi connectivity index (χ3n) is 3.99. The molecule has 0 unspecified atom stereocenters. The molecule has 1 aliphatic rings. The van der Waals surface area contributed by atoms with Crippen LogP contribution >= 0.6 is 0 Å². The van der Waals surface area contributed by atoms with Crippen LogP contribution in [0.1, 0.15) is 44.0 Å². The molecule has 0 atom stereocenters. The smallest absolute Gasteiger partial charge is 0.113 e. The number of para-hydroxylation sites is 1. The van der Waals surface area contributed by atoms with Crippen molar-refractivity contribution in [3.8, 4) is 0 Å². The molecular formula is C14H18N2. The Labute approximate surface area is 96.1 Å². The van der Waals surface area contributed by atoms with E-state index in [1.54, 1.807) is 0 Å². The van der Waals surface area contributed by atoms with Crippen LogP contribution in [0.2, 0.25) is 0 Å². The molecule has 0 aliphatic heterocycles. The van der Waals surface area contributed by atoms with Crippen molar-refractivity contribution in [2.45, 2.75) is 44.9 Å². The van der Waals surface area contributed by atoms with Gasteiger partial charge in [-0.2, -0.15) is 0 Å². The summed E-state index contributed by atoms with van der Waals surface area (Å²) in [6, 6.07) is 6.34. The molecule has 16 heavy (non-hydrogen) atoms. The maximum absolute atomic E-state index is 4.81. The Balaban J connectivity index is 2.15. The highest BCUT2D eigenvalue weighted by atomic mass is 14.9. The van der Waals surface area contributed by atoms with Gasteiger partial charge in [-0.3, -0.25) is 0 Å². The number of aromatic nitrogens is 2. The van der Waals surface area contributed by atoms with Crippen molar-refractivity contribution in [1.29, 1.82) is 0 Å². The molecule has 0 saturated heterocycles. The fraction of sp³-hybridized carbons (Fsp3) is 0.500. The molecule has 0 bridgehead atoms. The first-order valence-corrected chi connectivity index (χ1v) is 6.15. The van der Waals surface area contributed by atoms with Crippen LogP contribution in [0, 0.1) is 6.92 Å². The average molecular weight is 214 g/mol. The van der Waals surface area contributed by atoms with Crippen LogP contribution in [0.3, 0.4) is 0 Å². The van der Waals surface area contributed by atoms with Gasteiger partial charge in [-0.1, -0.05) is 31.9 Å². The number of aryl methyl sites for hydroxylation is 1. The summed E-state index contributed by atoms with van der Waals surface area (Å²) in [5.41, 5.74) is 3.88. The highest BCUT2D eigenvalue weighted by molar-refractivity contribution is 5.78. The quantitative estimate of drug-likeness (QED) is 0.770. The van der Waals surface area contributed by atoms with E-state index in [0.29, 0.717) is 0 Å². The molecule has 2 aromatic rings. The third kappa shape index (κ3) is 1.36. The zero-order valence-corrected chi connectivity index (χ0v) is 10.0. The number of nitrogens with zero attached hydrogens (tertiary/aromatic N) is 1. The number of H-pyrrole nitrogens is 1. The van der Waals surface area contributed by atoms with E-state index in [4.69, 9.17) is 4.98 Å². The Bertz CT molecular complexity index is 519. The van der Waals surface area contributed by atoms with Crippen LogP contribution in [0.25, 0.3) is 11.0 Å². The molecule has 2 heteroatoms. The van der Waals surface area contributed by atoms with Gasteiger partial charge in [0.05, 0.1) is 11.0 Å². The molecule has 3 rings (SSSR count). The lowest BCUT2D eigenvalue weighted by atomic mass is 9.88. The minimum Gasteiger partial charge on any atom is -0.342 e. The van der Waals surface area contributed by atoms with E-state index in [1.165, 1.54) is 42.6 Å². The lowest BCUT2D eigenvalue weighted by Crippen LogP contribution is -2.18. The van der Waals surface area contributed by atoms with Gasteiger partial charge in [-0.25, -0.2) is 4.98 Å². The summed E-state index contributed by atoms with van der Waals surface area (Å²) in [6.45, 7) is 4.47. The molecule has 0 spiro atoms. The Morgan fingerprint density at radius 1 is 1.25 bits per heavy atom. The zero-order valence-electron chi connectivity index (χ0n) is 10.0. The topological polar surface area (TPSA) is 28.7 Å². The molecule has 84 valence electrons. The Kier molecular flexibility index (Phi) is 2.06. The van der Waals surface area contributed by atoms with Crippen molar-refractivity contribution >= 4 is 11.0 Å². The largest absolute Gasteiger partial charge is 0.342 e. The number of imidazole rings is 1. The first-order valence-electron chi connectivity index (χ1n) is 6.15. The third-order valence-corrected chi connectivity index (χ3v) is 3.99. The Hall–Kier alpha value is -1.31. The van der Waals surface area contributed by atoms with Gasteiger partial charge in [-0.15, -0.1) is 0 Å². The Morgan fingerprint density at radius 2 is 2.00 bits per heavy atom. The van der Waals surface area contributed by atoms with Crippen molar-refractivity contribution in [2.24, 2.45) is 0 Å². The number of hydrogen-bond donors (Lipinski definition) is 1. The van der Waals surface area contributed by atoms with Crippen LogP contribution in [0.5, 0.6) is 0 Å². The van der Waals surface area contributed by atoms with E-state index >= 15 is 0 Å². The molecule has 1 fully saturated rings. The Morgan fingerprint density at radius 3 is 2.69 bits per heavy atom. The standard InChI is InChI=1S/C14H18N2/c1-10-6-5-7-11-12(10)16-13(15-11)14(2)8-3-4-9-14/h5-7H,3-4,8-9H2,1-2H3,(H,15,16). The molecule has 0 radical (unpaired) electrons. The summed E-state index contributed by atoms with van der Waals surface area (Å²) < 4.78 is 0. The van der Waals surface area contributed by atoms with Crippen molar-refractivity contribution in [3.63, 3.8) is 0 Å². The van der Waals surface area contributed by atoms with E-state index in [0.717, 1.165) is 5.52 Å². The van der Waals surface area contributed by atoms with Crippen molar-refractivity contribution < 1.29 is 0 Å². The second kappa shape index (κ2) is 3.34. The molecule has 1 heterocycles. The predicted octanol–water partition coefficient (Wildman–Crippen LogP) is 3.70. The number of nitrogens with one attached hydrogen (secondary N) is 1. The average Bonchev–Trinajstić information content (AvgIpc) is 2.85. The first kappa shape index (κ1) is 9.88. The van der Waals surface area contributed by atoms with Gasteiger partial charge in [0, 0.05) is 5.41 Å². The van der Waals surface area contributed by atoms with Crippen LogP contribution < -0.4 is 0 Å². The summed E-state index contributed by atoms with van der Waals surface area (Å²) in [6.07, 6.45) is 5.22. The predicted molar refractivity (Wildman–Crippen MR) is 66.7 cm³/mol. The lowest BCUT2D eigenvalue weighted by molar-refractivity contribution is 0.465. The molecule has 1 aliphatic carbocycles. The van der Waals surface area contributed by atoms with E-state index in [-0.39, 0.29) is 5.41 Å². The number of hydrogen-bond acceptors (Lipinski definition) is 1. The fourth-order valence-corrected chi connectivity index (χ4v) is 2.85. The van der Waals surface area contributed by atoms with Gasteiger partial charge in [0.1, 0.15) is 5.82 Å². The maximum atomic E-state index is 4.81. The molecule has 1 N–H and O–H groups in total. The second-order valence-electron chi connectivity index (χ2n) is 5.32. The van der Waals surface area contributed by atoms with Gasteiger partial charge in [0.15, 0.2) is 0 Å². The minimum absolute atomic E-state index is 0.283. The van der Waals surface area contributed by atoms with Crippen molar-refractivity contribution in [3.05, 3.63) is 29.6 Å². The normalized spacial score (nSPS) is 19.4. The van der Waals surface area contributed by atoms with Crippen LogP contribution in [-0.2, 0) is 5.41 Å². The molecule has 1 aromatic heterocycles. The van der Waals surface area contributed by atoms with Crippen LogP contribution in [0.4, 0.5) is 0 Å². The number of benzene rings is 1. The van der Waals surface area contributed by atoms with Gasteiger partial charge in [0.2, 0.25) is 0 Å². The van der Waals surface area contributed by atoms with Gasteiger partial charge in [0.25, 0.3) is 0 Å². The summed E-state index contributed by atoms with van der Waals surface area (Å²) in [7, 11) is 0. The van der Waals surface area contributed by atoms with E-state index in [2.05, 4.69) is 37.0 Å². The summed E-state index contributed by atoms with van der Waals surface area (Å²) in [4.78, 5) is 8.32. The lowest BCUT2D eigenvalue weighted by Gasteiger charge is -2.19. The zero-order chi connectivity index (χ0) is 11.2. The van der Waals surface area contributed by atoms with E-state index in [9.17, 15) is 0 Å². The number of aromatic amines is 1. The van der Waals surface area contributed by atoms with Crippen LogP contribution in [-0.4, -0.2) is 9.97 Å². The van der Waals surface area contributed by atoms with Crippen molar-refractivity contribution in [1.82, 2.24) is 9.97 Å². The summed E-state index contributed by atoms with van der Waals surface area (Å²) >= 11 is 0. The minimum atomic E-state index is 0.283. The van der Waals surface area contributed by atoms with Crippen LogP contribution in [0.15, 0.2) is 18.2 Å². The molecule has 1 aromatic carbocycles. The maximum Gasteiger partial charge on any atom is 0.113 e.